The largest absolute Gasteiger partial charge is 0.461 e. The van der Waals surface area contributed by atoms with E-state index in [2.05, 4.69) is 15.0 Å². The van der Waals surface area contributed by atoms with E-state index in [1.54, 1.807) is 24.3 Å². The molecule has 6 nitrogen and oxygen atoms in total. The van der Waals surface area contributed by atoms with E-state index in [4.69, 9.17) is 26.3 Å². The molecule has 0 spiro atoms. The van der Waals surface area contributed by atoms with Gasteiger partial charge in [-0.2, -0.15) is 15.2 Å². The predicted octanol–water partition coefficient (Wildman–Crippen LogP) is 2.98. The third-order valence-corrected chi connectivity index (χ3v) is 2.27. The van der Waals surface area contributed by atoms with Crippen molar-refractivity contribution in [2.24, 2.45) is 0 Å². The third kappa shape index (κ3) is 3.80. The fourth-order valence-electron chi connectivity index (χ4n) is 1.33. The lowest BCUT2D eigenvalue weighted by atomic mass is 10.2. The average molecular weight is 291 g/mol. The van der Waals surface area contributed by atoms with Crippen molar-refractivity contribution in [2.45, 2.75) is 20.0 Å². The number of benzene rings is 1. The molecule has 0 amide bonds. The quantitative estimate of drug-likeness (QED) is 0.861. The Labute approximate surface area is 121 Å². The highest BCUT2D eigenvalue weighted by Gasteiger charge is 2.09. The van der Waals surface area contributed by atoms with Crippen LogP contribution in [0.3, 0.4) is 0 Å². The molecular formula is C13H11ClN4O2. The second kappa shape index (κ2) is 6.17. The smallest absolute Gasteiger partial charge is 0.329 e. The molecule has 0 N–H and O–H groups in total. The van der Waals surface area contributed by atoms with Crippen LogP contribution in [-0.2, 0) is 0 Å². The van der Waals surface area contributed by atoms with Gasteiger partial charge >= 0.3 is 12.0 Å². The highest BCUT2D eigenvalue weighted by molar-refractivity contribution is 6.28. The first-order chi connectivity index (χ1) is 9.56. The second-order valence-corrected chi connectivity index (χ2v) is 4.41. The van der Waals surface area contributed by atoms with Crippen LogP contribution in [0.25, 0.3) is 0 Å². The van der Waals surface area contributed by atoms with Gasteiger partial charge in [0.25, 0.3) is 0 Å². The zero-order chi connectivity index (χ0) is 14.5. The highest BCUT2D eigenvalue weighted by atomic mass is 35.5. The van der Waals surface area contributed by atoms with Crippen molar-refractivity contribution in [3.63, 3.8) is 0 Å². The van der Waals surface area contributed by atoms with Crippen LogP contribution in [0.2, 0.25) is 5.28 Å². The Balaban J connectivity index is 2.19. The van der Waals surface area contributed by atoms with Crippen molar-refractivity contribution in [2.75, 3.05) is 0 Å². The van der Waals surface area contributed by atoms with Crippen molar-refractivity contribution < 1.29 is 9.47 Å². The molecule has 0 aliphatic rings. The molecule has 1 heterocycles. The summed E-state index contributed by atoms with van der Waals surface area (Å²) in [4.78, 5) is 11.7. The molecule has 0 unspecified atom stereocenters. The molecule has 2 rings (SSSR count). The normalized spacial score (nSPS) is 10.2. The maximum atomic E-state index is 8.72. The third-order valence-electron chi connectivity index (χ3n) is 2.10. The molecule has 1 aromatic heterocycles. The molecule has 0 saturated heterocycles. The Hall–Kier alpha value is -2.39. The summed E-state index contributed by atoms with van der Waals surface area (Å²) >= 11 is 5.78. The molecular weight excluding hydrogens is 280 g/mol. The number of nitriles is 1. The molecule has 2 aromatic rings. The summed E-state index contributed by atoms with van der Waals surface area (Å²) in [6.07, 6.45) is -0.0868. The van der Waals surface area contributed by atoms with Crippen LogP contribution in [0.4, 0.5) is 0 Å². The number of hydrogen-bond acceptors (Lipinski definition) is 6. The average Bonchev–Trinajstić information content (AvgIpc) is 2.38. The van der Waals surface area contributed by atoms with Gasteiger partial charge < -0.3 is 9.47 Å². The van der Waals surface area contributed by atoms with Crippen LogP contribution in [-0.4, -0.2) is 21.1 Å². The Morgan fingerprint density at radius 2 is 1.75 bits per heavy atom. The number of nitrogens with zero attached hydrogens (tertiary/aromatic N) is 4. The van der Waals surface area contributed by atoms with Crippen molar-refractivity contribution in [3.8, 4) is 23.8 Å². The molecule has 0 fully saturated rings. The van der Waals surface area contributed by atoms with E-state index in [9.17, 15) is 0 Å². The molecule has 0 atom stereocenters. The molecule has 0 saturated carbocycles. The van der Waals surface area contributed by atoms with Gasteiger partial charge in [-0.15, -0.1) is 4.98 Å². The summed E-state index contributed by atoms with van der Waals surface area (Å²) in [6.45, 7) is 3.69. The van der Waals surface area contributed by atoms with E-state index in [1.807, 2.05) is 19.9 Å². The highest BCUT2D eigenvalue weighted by Crippen LogP contribution is 2.21. The van der Waals surface area contributed by atoms with Crippen molar-refractivity contribution in [1.29, 1.82) is 5.26 Å². The Morgan fingerprint density at radius 1 is 1.10 bits per heavy atom. The molecule has 0 aliphatic heterocycles. The first-order valence-electron chi connectivity index (χ1n) is 5.83. The predicted molar refractivity (Wildman–Crippen MR) is 71.8 cm³/mol. The Morgan fingerprint density at radius 3 is 2.35 bits per heavy atom. The van der Waals surface area contributed by atoms with E-state index in [0.29, 0.717) is 11.3 Å². The van der Waals surface area contributed by atoms with E-state index >= 15 is 0 Å². The topological polar surface area (TPSA) is 80.9 Å². The lowest BCUT2D eigenvalue weighted by Gasteiger charge is -2.09. The monoisotopic (exact) mass is 290 g/mol. The molecule has 20 heavy (non-hydrogen) atoms. The van der Waals surface area contributed by atoms with Gasteiger partial charge in [0.2, 0.25) is 5.28 Å². The fourth-order valence-corrected chi connectivity index (χ4v) is 1.47. The van der Waals surface area contributed by atoms with Crippen LogP contribution in [0.5, 0.6) is 17.8 Å². The van der Waals surface area contributed by atoms with Gasteiger partial charge in [-0.3, -0.25) is 0 Å². The van der Waals surface area contributed by atoms with Crippen LogP contribution in [0.1, 0.15) is 19.4 Å². The molecule has 7 heteroatoms. The molecule has 0 bridgehead atoms. The maximum Gasteiger partial charge on any atom is 0.329 e. The van der Waals surface area contributed by atoms with Gasteiger partial charge in [-0.1, -0.05) is 0 Å². The van der Waals surface area contributed by atoms with Crippen molar-refractivity contribution in [3.05, 3.63) is 35.1 Å². The van der Waals surface area contributed by atoms with E-state index in [0.717, 1.165) is 0 Å². The minimum atomic E-state index is -0.0868. The van der Waals surface area contributed by atoms with Gasteiger partial charge in [-0.25, -0.2) is 0 Å². The molecule has 0 aliphatic carbocycles. The summed E-state index contributed by atoms with van der Waals surface area (Å²) in [5.41, 5.74) is 0.537. The van der Waals surface area contributed by atoms with E-state index in [1.165, 1.54) is 0 Å². The molecule has 0 radical (unpaired) electrons. The van der Waals surface area contributed by atoms with Crippen molar-refractivity contribution in [1.82, 2.24) is 15.0 Å². The van der Waals surface area contributed by atoms with Gasteiger partial charge in [0.05, 0.1) is 17.7 Å². The Bertz CT molecular complexity index is 638. The zero-order valence-corrected chi connectivity index (χ0v) is 11.6. The summed E-state index contributed by atoms with van der Waals surface area (Å²) in [6, 6.07) is 8.69. The van der Waals surface area contributed by atoms with Crippen molar-refractivity contribution >= 4 is 11.6 Å². The Kier molecular flexibility index (Phi) is 4.33. The summed E-state index contributed by atoms with van der Waals surface area (Å²) in [7, 11) is 0. The fraction of sp³-hybridized carbons (Fsp3) is 0.231. The minimum absolute atomic E-state index is 0.0145. The molecule has 1 aromatic carbocycles. The maximum absolute atomic E-state index is 8.72. The van der Waals surface area contributed by atoms with Crippen LogP contribution < -0.4 is 9.47 Å². The summed E-state index contributed by atoms with van der Waals surface area (Å²) < 4.78 is 10.8. The number of ether oxygens (including phenoxy) is 2. The number of aromatic nitrogens is 3. The molecule has 102 valence electrons. The van der Waals surface area contributed by atoms with Crippen LogP contribution in [0.15, 0.2) is 24.3 Å². The summed E-state index contributed by atoms with van der Waals surface area (Å²) in [5, 5.41) is 8.70. The number of rotatable bonds is 4. The second-order valence-electron chi connectivity index (χ2n) is 4.07. The lowest BCUT2D eigenvalue weighted by molar-refractivity contribution is 0.218. The standard InChI is InChI=1S/C13H11ClN4O2/c1-8(2)19-12-16-11(14)17-13(18-12)20-10-5-3-9(7-15)4-6-10/h3-6,8H,1-2H3. The SMILES string of the molecule is CC(C)Oc1nc(Cl)nc(Oc2ccc(C#N)cc2)n1. The van der Waals surface area contributed by atoms with Gasteiger partial charge in [0.15, 0.2) is 0 Å². The van der Waals surface area contributed by atoms with Gasteiger partial charge in [0.1, 0.15) is 5.75 Å². The van der Waals surface area contributed by atoms with Gasteiger partial charge in [-0.05, 0) is 49.7 Å². The first-order valence-corrected chi connectivity index (χ1v) is 6.21. The minimum Gasteiger partial charge on any atom is -0.461 e. The lowest BCUT2D eigenvalue weighted by Crippen LogP contribution is -2.09. The van der Waals surface area contributed by atoms with Crippen LogP contribution in [0, 0.1) is 11.3 Å². The van der Waals surface area contributed by atoms with E-state index in [-0.39, 0.29) is 23.4 Å². The van der Waals surface area contributed by atoms with Gasteiger partial charge in [0, 0.05) is 0 Å². The number of hydrogen-bond donors (Lipinski definition) is 0. The summed E-state index contributed by atoms with van der Waals surface area (Å²) in [5.74, 6) is 0.488. The zero-order valence-electron chi connectivity index (χ0n) is 10.9. The van der Waals surface area contributed by atoms with Crippen LogP contribution >= 0.6 is 11.6 Å². The number of halogens is 1. The first kappa shape index (κ1) is 14.0. The van der Waals surface area contributed by atoms with E-state index < -0.39 is 0 Å².